The zero-order valence-electron chi connectivity index (χ0n) is 37.0. The highest BCUT2D eigenvalue weighted by Crippen LogP contribution is 2.67. The van der Waals surface area contributed by atoms with Crippen molar-refractivity contribution in [3.8, 4) is 5.69 Å². The zero-order valence-corrected chi connectivity index (χ0v) is 37.0. The molecule has 4 atom stereocenters. The van der Waals surface area contributed by atoms with Gasteiger partial charge in [0.25, 0.3) is 6.71 Å². The summed E-state index contributed by atoms with van der Waals surface area (Å²) in [5.41, 5.74) is 23.2. The number of aryl methyl sites for hydroxylation is 2. The number of fused-ring (bicyclic) bond motifs is 17. The van der Waals surface area contributed by atoms with Crippen LogP contribution in [0.4, 0.5) is 22.7 Å². The molecule has 0 spiro atoms. The van der Waals surface area contributed by atoms with Crippen LogP contribution >= 0.6 is 0 Å². The van der Waals surface area contributed by atoms with Gasteiger partial charge in [0, 0.05) is 55.6 Å². The van der Waals surface area contributed by atoms with Crippen LogP contribution in [0.1, 0.15) is 100 Å². The van der Waals surface area contributed by atoms with Crippen molar-refractivity contribution in [1.82, 2.24) is 4.57 Å². The number of hydrogen-bond donors (Lipinski definition) is 0. The maximum absolute atomic E-state index is 2.88. The Balaban J connectivity index is 1.15. The topological polar surface area (TPSA) is 11.4 Å². The third-order valence-electron chi connectivity index (χ3n) is 18.0. The lowest BCUT2D eigenvalue weighted by atomic mass is 9.33. The van der Waals surface area contributed by atoms with E-state index in [2.05, 4.69) is 202 Å². The summed E-state index contributed by atoms with van der Waals surface area (Å²) in [4.78, 5) is 5.69. The van der Waals surface area contributed by atoms with E-state index in [4.69, 9.17) is 0 Å². The van der Waals surface area contributed by atoms with Crippen molar-refractivity contribution in [2.45, 2.75) is 101 Å². The minimum absolute atomic E-state index is 0.0419. The van der Waals surface area contributed by atoms with Gasteiger partial charge < -0.3 is 14.4 Å². The molecule has 8 aromatic rings. The molecule has 5 heterocycles. The van der Waals surface area contributed by atoms with Crippen molar-refractivity contribution >= 4 is 67.7 Å². The first-order valence-electron chi connectivity index (χ1n) is 23.2. The molecule has 3 nitrogen and oxygen atoms in total. The van der Waals surface area contributed by atoms with Gasteiger partial charge in [-0.25, -0.2) is 0 Å². The molecule has 4 aliphatic heterocycles. The number of anilines is 4. The van der Waals surface area contributed by atoms with E-state index in [-0.39, 0.29) is 34.0 Å². The lowest BCUT2D eigenvalue weighted by molar-refractivity contribution is 0.244. The number of aromatic nitrogens is 1. The maximum Gasteiger partial charge on any atom is 0.252 e. The average Bonchev–Trinajstić information content (AvgIpc) is 3.81. The SMILES string of the molecule is CC(C)(C)c1ccc2c(c1)C1(C)CCc3ccccc3C1(C)N2c1cc2c3c(c1)-n1c4ccccc4c4cccc(c41)B3c1cccc3c1N2C1(C)c2ccccc2CCC31C. The molecule has 4 heteroatoms. The summed E-state index contributed by atoms with van der Waals surface area (Å²) in [5, 5.41) is 2.66. The van der Waals surface area contributed by atoms with Crippen LogP contribution in [0.15, 0.2) is 140 Å². The van der Waals surface area contributed by atoms with Crippen LogP contribution in [-0.2, 0) is 40.2 Å². The molecule has 62 heavy (non-hydrogen) atoms. The Morgan fingerprint density at radius 3 is 1.85 bits per heavy atom. The second-order valence-electron chi connectivity index (χ2n) is 21.4. The number of nitrogens with zero attached hydrogens (tertiary/aromatic N) is 3. The lowest BCUT2D eigenvalue weighted by Crippen LogP contribution is -2.63. The predicted octanol–water partition coefficient (Wildman–Crippen LogP) is 11.8. The molecule has 6 aliphatic rings. The Hall–Kier alpha value is -6.00. The van der Waals surface area contributed by atoms with Gasteiger partial charge in [-0.2, -0.15) is 0 Å². The minimum atomic E-state index is -0.333. The van der Waals surface area contributed by atoms with Gasteiger partial charge in [-0.3, -0.25) is 0 Å². The summed E-state index contributed by atoms with van der Waals surface area (Å²) in [6, 6.07) is 55.1. The number of para-hydroxylation sites is 3. The van der Waals surface area contributed by atoms with Crippen molar-refractivity contribution in [3.05, 3.63) is 178 Å². The van der Waals surface area contributed by atoms with E-state index < -0.39 is 0 Å². The second kappa shape index (κ2) is 11.1. The fourth-order valence-corrected chi connectivity index (χ4v) is 14.6. The Labute approximate surface area is 366 Å². The Bertz CT molecular complexity index is 3350. The molecule has 1 aromatic heterocycles. The molecule has 0 saturated carbocycles. The van der Waals surface area contributed by atoms with Gasteiger partial charge in [-0.05, 0) is 125 Å². The molecule has 0 radical (unpaired) electrons. The van der Waals surface area contributed by atoms with Crippen LogP contribution in [0.2, 0.25) is 0 Å². The molecule has 0 saturated heterocycles. The van der Waals surface area contributed by atoms with Crippen LogP contribution in [0, 0.1) is 0 Å². The largest absolute Gasteiger partial charge is 0.331 e. The number of benzene rings is 7. The number of hydrogen-bond acceptors (Lipinski definition) is 2. The molecule has 0 bridgehead atoms. The van der Waals surface area contributed by atoms with Gasteiger partial charge in [0.05, 0.1) is 16.6 Å². The van der Waals surface area contributed by atoms with E-state index >= 15 is 0 Å². The van der Waals surface area contributed by atoms with Gasteiger partial charge in [0.15, 0.2) is 0 Å². The number of rotatable bonds is 1. The molecule has 4 unspecified atom stereocenters. The van der Waals surface area contributed by atoms with Crippen LogP contribution in [0.5, 0.6) is 0 Å². The van der Waals surface area contributed by atoms with Crippen LogP contribution in [-0.4, -0.2) is 11.3 Å². The highest BCUT2D eigenvalue weighted by atomic mass is 15.3. The maximum atomic E-state index is 2.88. The second-order valence-corrected chi connectivity index (χ2v) is 21.4. The highest BCUT2D eigenvalue weighted by Gasteiger charge is 2.64. The first-order chi connectivity index (χ1) is 29.9. The van der Waals surface area contributed by atoms with Gasteiger partial charge in [-0.15, -0.1) is 0 Å². The van der Waals surface area contributed by atoms with E-state index in [1.165, 1.54) is 106 Å². The van der Waals surface area contributed by atoms with Crippen LogP contribution in [0.3, 0.4) is 0 Å². The van der Waals surface area contributed by atoms with Crippen molar-refractivity contribution < 1.29 is 0 Å². The molecule has 0 amide bonds. The molecule has 7 aromatic carbocycles. The predicted molar refractivity (Wildman–Crippen MR) is 260 cm³/mol. The highest BCUT2D eigenvalue weighted by molar-refractivity contribution is 7.00. The van der Waals surface area contributed by atoms with Gasteiger partial charge in [-0.1, -0.05) is 150 Å². The third kappa shape index (κ3) is 3.79. The summed E-state index contributed by atoms with van der Waals surface area (Å²) in [6.45, 7) is 17.5. The Morgan fingerprint density at radius 2 is 1.11 bits per heavy atom. The quantitative estimate of drug-likeness (QED) is 0.153. The minimum Gasteiger partial charge on any atom is -0.331 e. The molecule has 0 N–H and O–H groups in total. The monoisotopic (exact) mass is 801 g/mol. The first-order valence-corrected chi connectivity index (χ1v) is 23.2. The fourth-order valence-electron chi connectivity index (χ4n) is 14.6. The zero-order chi connectivity index (χ0) is 41.9. The summed E-state index contributed by atoms with van der Waals surface area (Å²) >= 11 is 0. The summed E-state index contributed by atoms with van der Waals surface area (Å²) < 4.78 is 2.66. The standard InChI is InChI=1S/C58H52BN3/c1-54(2,3)37-26-27-48-44(32-37)56(5)31-29-35-16-8-11-20-41(35)57(56,6)61(48)38-33-49-51-50(34-38)62-53-43(55(4)30-28-36-17-9-12-21-42(36)58(55,62)7)22-15-24-46(53)59(51)45-23-14-19-40-39-18-10-13-25-47(39)60(49)52(40)45/h8-27,32-34H,28-31H2,1-7H3. The molecule has 2 aliphatic carbocycles. The lowest BCUT2D eigenvalue weighted by Gasteiger charge is -2.54. The molecule has 0 fully saturated rings. The Morgan fingerprint density at radius 1 is 0.516 bits per heavy atom. The summed E-state index contributed by atoms with van der Waals surface area (Å²) in [6.07, 6.45) is 4.39. The van der Waals surface area contributed by atoms with E-state index in [1.807, 2.05) is 0 Å². The van der Waals surface area contributed by atoms with E-state index in [0.29, 0.717) is 0 Å². The van der Waals surface area contributed by atoms with E-state index in [0.717, 1.165) is 25.7 Å². The van der Waals surface area contributed by atoms with Gasteiger partial charge >= 0.3 is 0 Å². The van der Waals surface area contributed by atoms with E-state index in [9.17, 15) is 0 Å². The molecule has 14 rings (SSSR count). The van der Waals surface area contributed by atoms with Crippen molar-refractivity contribution in [1.29, 1.82) is 0 Å². The average molecular weight is 802 g/mol. The normalized spacial score (nSPS) is 25.6. The smallest absolute Gasteiger partial charge is 0.252 e. The summed E-state index contributed by atoms with van der Waals surface area (Å²) in [7, 11) is 0. The first kappa shape index (κ1) is 35.6. The fraction of sp³-hybridized carbons (Fsp3) is 0.276. The van der Waals surface area contributed by atoms with E-state index in [1.54, 1.807) is 0 Å². The summed E-state index contributed by atoms with van der Waals surface area (Å²) in [5.74, 6) is 0. The van der Waals surface area contributed by atoms with Crippen molar-refractivity contribution in [3.63, 3.8) is 0 Å². The Kier molecular flexibility index (Phi) is 6.39. The van der Waals surface area contributed by atoms with Crippen LogP contribution in [0.25, 0.3) is 27.5 Å². The molecular weight excluding hydrogens is 749 g/mol. The van der Waals surface area contributed by atoms with Gasteiger partial charge in [0.1, 0.15) is 0 Å². The van der Waals surface area contributed by atoms with Gasteiger partial charge in [0.2, 0.25) is 0 Å². The van der Waals surface area contributed by atoms with Crippen molar-refractivity contribution in [2.75, 3.05) is 9.80 Å². The third-order valence-corrected chi connectivity index (χ3v) is 18.0. The van der Waals surface area contributed by atoms with Crippen molar-refractivity contribution in [2.24, 2.45) is 0 Å². The molecular formula is C58H52BN3. The molecule has 302 valence electrons. The van der Waals surface area contributed by atoms with Crippen LogP contribution < -0.4 is 26.2 Å².